The average Bonchev–Trinajstić information content (AvgIpc) is 1.95. The number of hydrogen-bond donors (Lipinski definition) is 0. The third-order valence-electron chi connectivity index (χ3n) is 1.54. The van der Waals surface area contributed by atoms with E-state index in [0.29, 0.717) is 0 Å². The van der Waals surface area contributed by atoms with Crippen molar-refractivity contribution in [1.82, 2.24) is 0 Å². The summed E-state index contributed by atoms with van der Waals surface area (Å²) in [6.45, 7) is 4.23. The molecule has 0 fully saturated rings. The van der Waals surface area contributed by atoms with Crippen LogP contribution in [0.3, 0.4) is 0 Å². The maximum absolute atomic E-state index is 3.40. The van der Waals surface area contributed by atoms with E-state index in [9.17, 15) is 0 Å². The fraction of sp³-hybridized carbons (Fsp3) is 0.333. The van der Waals surface area contributed by atoms with Crippen molar-refractivity contribution in [3.8, 4) is 0 Å². The van der Waals surface area contributed by atoms with Gasteiger partial charge in [-0.2, -0.15) is 0 Å². The summed E-state index contributed by atoms with van der Waals surface area (Å²) >= 11 is 3.40. The minimum atomic E-state index is 1.07. The lowest BCUT2D eigenvalue weighted by Gasteiger charge is -1.99. The highest BCUT2D eigenvalue weighted by atomic mass is 79.9. The molecule has 0 amide bonds. The predicted molar refractivity (Wildman–Crippen MR) is 47.1 cm³/mol. The van der Waals surface area contributed by atoms with Crippen LogP contribution in [-0.2, 0) is 6.42 Å². The van der Waals surface area contributed by atoms with Crippen molar-refractivity contribution in [3.63, 3.8) is 0 Å². The van der Waals surface area contributed by atoms with Gasteiger partial charge in [-0.25, -0.2) is 0 Å². The lowest BCUT2D eigenvalue weighted by molar-refractivity contribution is 1.13. The Kier molecular flexibility index (Phi) is 2.50. The van der Waals surface area contributed by atoms with E-state index in [0.717, 1.165) is 10.9 Å². The molecule has 0 aliphatic rings. The predicted octanol–water partition coefficient (Wildman–Crippen LogP) is 3.12. The van der Waals surface area contributed by atoms with Gasteiger partial charge in [0.25, 0.3) is 0 Å². The zero-order chi connectivity index (χ0) is 7.56. The molecule has 0 aliphatic heterocycles. The van der Waals surface area contributed by atoms with E-state index in [1.165, 1.54) is 11.1 Å². The van der Waals surface area contributed by atoms with E-state index in [4.69, 9.17) is 0 Å². The van der Waals surface area contributed by atoms with Gasteiger partial charge in [0.2, 0.25) is 0 Å². The third-order valence-corrected chi connectivity index (χ3v) is 2.39. The van der Waals surface area contributed by atoms with Crippen molar-refractivity contribution in [2.24, 2.45) is 0 Å². The Bertz CT molecular complexity index is 228. The zero-order valence-electron chi connectivity index (χ0n) is 6.24. The zero-order valence-corrected chi connectivity index (χ0v) is 7.83. The summed E-state index contributed by atoms with van der Waals surface area (Å²) in [5.41, 5.74) is 2.61. The minimum absolute atomic E-state index is 1.07. The first kappa shape index (κ1) is 7.80. The van der Waals surface area contributed by atoms with Gasteiger partial charge in [0, 0.05) is 4.47 Å². The van der Waals surface area contributed by atoms with Crippen molar-refractivity contribution >= 4 is 15.9 Å². The molecule has 10 heavy (non-hydrogen) atoms. The highest BCUT2D eigenvalue weighted by molar-refractivity contribution is 9.10. The summed E-state index contributed by atoms with van der Waals surface area (Å²) in [7, 11) is 0. The SMILES string of the molecule is CCc1c[c]c(Br)c(C)c1. The second-order valence-corrected chi connectivity index (χ2v) is 3.15. The monoisotopic (exact) mass is 197 g/mol. The molecule has 1 rings (SSSR count). The van der Waals surface area contributed by atoms with Gasteiger partial charge in [0.1, 0.15) is 0 Å². The summed E-state index contributed by atoms with van der Waals surface area (Å²) in [5, 5.41) is 0. The molecule has 1 radical (unpaired) electrons. The van der Waals surface area contributed by atoms with Crippen molar-refractivity contribution in [2.75, 3.05) is 0 Å². The van der Waals surface area contributed by atoms with Crippen LogP contribution in [0.5, 0.6) is 0 Å². The molecule has 0 aliphatic carbocycles. The van der Waals surface area contributed by atoms with Crippen LogP contribution in [0.15, 0.2) is 16.6 Å². The topological polar surface area (TPSA) is 0 Å². The minimum Gasteiger partial charge on any atom is -0.0613 e. The summed E-state index contributed by atoms with van der Waals surface area (Å²) in [6.07, 6.45) is 1.09. The summed E-state index contributed by atoms with van der Waals surface area (Å²) in [4.78, 5) is 0. The number of hydrogen-bond acceptors (Lipinski definition) is 0. The molecule has 0 heterocycles. The van der Waals surface area contributed by atoms with Gasteiger partial charge in [0.15, 0.2) is 0 Å². The Labute approximate surface area is 70.4 Å². The van der Waals surface area contributed by atoms with Gasteiger partial charge in [-0.15, -0.1) is 0 Å². The fourth-order valence-electron chi connectivity index (χ4n) is 0.857. The molecule has 0 N–H and O–H groups in total. The van der Waals surface area contributed by atoms with Crippen molar-refractivity contribution in [3.05, 3.63) is 33.8 Å². The number of rotatable bonds is 1. The second-order valence-electron chi connectivity index (χ2n) is 2.36. The number of benzene rings is 1. The first-order chi connectivity index (χ1) is 4.74. The van der Waals surface area contributed by atoms with Gasteiger partial charge in [-0.1, -0.05) is 13.0 Å². The van der Waals surface area contributed by atoms with Crippen LogP contribution in [0.1, 0.15) is 18.1 Å². The molecule has 0 saturated carbocycles. The van der Waals surface area contributed by atoms with Gasteiger partial charge < -0.3 is 0 Å². The number of halogens is 1. The quantitative estimate of drug-likeness (QED) is 0.650. The molecule has 0 atom stereocenters. The summed E-state index contributed by atoms with van der Waals surface area (Å²) in [5.74, 6) is 0. The number of aryl methyl sites for hydroxylation is 2. The lowest BCUT2D eigenvalue weighted by Crippen LogP contribution is -1.82. The standard InChI is InChI=1S/C9H10Br/c1-3-8-4-5-9(10)7(2)6-8/h4,6H,3H2,1-2H3. The largest absolute Gasteiger partial charge is 0.0613 e. The van der Waals surface area contributed by atoms with E-state index in [1.807, 2.05) is 6.07 Å². The summed E-state index contributed by atoms with van der Waals surface area (Å²) < 4.78 is 1.07. The first-order valence-corrected chi connectivity index (χ1v) is 4.20. The molecule has 0 bridgehead atoms. The van der Waals surface area contributed by atoms with Crippen LogP contribution in [0, 0.1) is 13.0 Å². The lowest BCUT2D eigenvalue weighted by atomic mass is 10.1. The maximum atomic E-state index is 3.40. The van der Waals surface area contributed by atoms with Crippen LogP contribution in [0.25, 0.3) is 0 Å². The molecule has 0 aromatic heterocycles. The Hall–Kier alpha value is -0.300. The Morgan fingerprint density at radius 3 is 2.80 bits per heavy atom. The maximum Gasteiger partial charge on any atom is 0.0283 e. The van der Waals surface area contributed by atoms with E-state index in [-0.39, 0.29) is 0 Å². The Morgan fingerprint density at radius 2 is 2.30 bits per heavy atom. The van der Waals surface area contributed by atoms with Crippen LogP contribution in [-0.4, -0.2) is 0 Å². The van der Waals surface area contributed by atoms with E-state index < -0.39 is 0 Å². The highest BCUT2D eigenvalue weighted by Gasteiger charge is 1.94. The molecular weight excluding hydrogens is 188 g/mol. The first-order valence-electron chi connectivity index (χ1n) is 3.40. The smallest absolute Gasteiger partial charge is 0.0283 e. The normalized spacial score (nSPS) is 9.90. The van der Waals surface area contributed by atoms with E-state index >= 15 is 0 Å². The van der Waals surface area contributed by atoms with Crippen molar-refractivity contribution < 1.29 is 0 Å². The summed E-state index contributed by atoms with van der Waals surface area (Å²) in [6, 6.07) is 7.34. The van der Waals surface area contributed by atoms with Crippen LogP contribution < -0.4 is 0 Å². The molecule has 0 nitrogen and oxygen atoms in total. The van der Waals surface area contributed by atoms with Gasteiger partial charge in [0.05, 0.1) is 0 Å². The van der Waals surface area contributed by atoms with Crippen LogP contribution >= 0.6 is 15.9 Å². The molecule has 0 unspecified atom stereocenters. The molecule has 53 valence electrons. The fourth-order valence-corrected chi connectivity index (χ4v) is 1.09. The Balaban J connectivity index is 3.04. The van der Waals surface area contributed by atoms with Crippen molar-refractivity contribution in [2.45, 2.75) is 20.3 Å². The van der Waals surface area contributed by atoms with Crippen LogP contribution in [0.4, 0.5) is 0 Å². The molecule has 1 heteroatoms. The van der Waals surface area contributed by atoms with Gasteiger partial charge in [-0.3, -0.25) is 0 Å². The second kappa shape index (κ2) is 3.20. The molecular formula is C9H10Br. The average molecular weight is 198 g/mol. The molecule has 1 aromatic rings. The Morgan fingerprint density at radius 1 is 1.60 bits per heavy atom. The highest BCUT2D eigenvalue weighted by Crippen LogP contribution is 2.16. The van der Waals surface area contributed by atoms with Crippen LogP contribution in [0.2, 0.25) is 0 Å². The van der Waals surface area contributed by atoms with E-state index in [1.54, 1.807) is 0 Å². The van der Waals surface area contributed by atoms with Crippen molar-refractivity contribution in [1.29, 1.82) is 0 Å². The van der Waals surface area contributed by atoms with Gasteiger partial charge >= 0.3 is 0 Å². The van der Waals surface area contributed by atoms with Gasteiger partial charge in [-0.05, 0) is 52.5 Å². The molecule has 1 aromatic carbocycles. The van der Waals surface area contributed by atoms with E-state index in [2.05, 4.69) is 41.9 Å². The molecule has 0 spiro atoms. The molecule has 0 saturated heterocycles. The third kappa shape index (κ3) is 1.60.